The van der Waals surface area contributed by atoms with Gasteiger partial charge in [-0.2, -0.15) is 4.98 Å². The van der Waals surface area contributed by atoms with Crippen molar-refractivity contribution in [3.63, 3.8) is 0 Å². The summed E-state index contributed by atoms with van der Waals surface area (Å²) < 4.78 is 10.9. The maximum atomic E-state index is 5.62. The highest BCUT2D eigenvalue weighted by atomic mass is 16.5. The van der Waals surface area contributed by atoms with Crippen LogP contribution in [0.15, 0.2) is 34.9 Å². The summed E-state index contributed by atoms with van der Waals surface area (Å²) in [7, 11) is 0. The van der Waals surface area contributed by atoms with Gasteiger partial charge in [-0.3, -0.25) is 0 Å². The summed E-state index contributed by atoms with van der Waals surface area (Å²) in [6.07, 6.45) is 2.94. The van der Waals surface area contributed by atoms with Crippen molar-refractivity contribution in [3.05, 3.63) is 42.0 Å². The molecule has 1 atom stereocenters. The van der Waals surface area contributed by atoms with E-state index >= 15 is 0 Å². The lowest BCUT2D eigenvalue weighted by atomic mass is 9.99. The molecule has 1 N–H and O–H groups in total. The second-order valence-electron chi connectivity index (χ2n) is 5.00. The molecule has 5 nitrogen and oxygen atoms in total. The van der Waals surface area contributed by atoms with E-state index in [1.807, 2.05) is 30.3 Å². The van der Waals surface area contributed by atoms with E-state index in [-0.39, 0.29) is 0 Å². The van der Waals surface area contributed by atoms with E-state index < -0.39 is 0 Å². The molecular weight excluding hydrogens is 254 g/mol. The third kappa shape index (κ3) is 3.36. The van der Waals surface area contributed by atoms with Crippen LogP contribution in [-0.2, 0) is 6.42 Å². The fourth-order valence-electron chi connectivity index (χ4n) is 2.38. The Hall–Kier alpha value is -1.88. The summed E-state index contributed by atoms with van der Waals surface area (Å²) in [5, 5.41) is 7.44. The van der Waals surface area contributed by atoms with Crippen LogP contribution in [-0.4, -0.2) is 29.8 Å². The van der Waals surface area contributed by atoms with Crippen molar-refractivity contribution in [2.24, 2.45) is 0 Å². The van der Waals surface area contributed by atoms with Crippen LogP contribution in [0, 0.1) is 0 Å². The normalized spacial score (nSPS) is 18.9. The third-order valence-corrected chi connectivity index (χ3v) is 3.47. The van der Waals surface area contributed by atoms with Gasteiger partial charge in [-0.05, 0) is 31.5 Å². The minimum Gasteiger partial charge on any atom is -0.493 e. The average Bonchev–Trinajstić information content (AvgIpc) is 2.98. The highest BCUT2D eigenvalue weighted by Crippen LogP contribution is 2.20. The van der Waals surface area contributed by atoms with Gasteiger partial charge < -0.3 is 14.6 Å². The van der Waals surface area contributed by atoms with Gasteiger partial charge in [0.05, 0.1) is 13.0 Å². The maximum absolute atomic E-state index is 5.62. The van der Waals surface area contributed by atoms with Crippen molar-refractivity contribution in [2.75, 3.05) is 19.7 Å². The number of para-hydroxylation sites is 1. The van der Waals surface area contributed by atoms with E-state index in [0.29, 0.717) is 24.8 Å². The average molecular weight is 273 g/mol. The van der Waals surface area contributed by atoms with E-state index in [1.54, 1.807) is 0 Å². The molecule has 0 spiro atoms. The highest BCUT2D eigenvalue weighted by Gasteiger charge is 2.20. The molecule has 1 aliphatic heterocycles. The minimum atomic E-state index is 0.385. The number of piperidine rings is 1. The number of hydrogen-bond donors (Lipinski definition) is 1. The van der Waals surface area contributed by atoms with Crippen LogP contribution in [0.3, 0.4) is 0 Å². The Balaban J connectivity index is 1.50. The summed E-state index contributed by atoms with van der Waals surface area (Å²) in [6.45, 7) is 2.58. The predicted octanol–water partition coefficient (Wildman–Crippen LogP) is 2.16. The topological polar surface area (TPSA) is 60.2 Å². The van der Waals surface area contributed by atoms with Gasteiger partial charge in [0.2, 0.25) is 5.89 Å². The third-order valence-electron chi connectivity index (χ3n) is 3.47. The van der Waals surface area contributed by atoms with Crippen LogP contribution in [0.1, 0.15) is 30.5 Å². The zero-order valence-electron chi connectivity index (χ0n) is 11.4. The second kappa shape index (κ2) is 6.52. The number of nitrogens with zero attached hydrogens (tertiary/aromatic N) is 2. The molecule has 3 rings (SSSR count). The fourth-order valence-corrected chi connectivity index (χ4v) is 2.38. The quantitative estimate of drug-likeness (QED) is 0.904. The number of ether oxygens (including phenoxy) is 1. The zero-order valence-corrected chi connectivity index (χ0v) is 11.4. The number of aromatic nitrogens is 2. The van der Waals surface area contributed by atoms with E-state index in [4.69, 9.17) is 9.26 Å². The van der Waals surface area contributed by atoms with Crippen molar-refractivity contribution in [2.45, 2.75) is 25.2 Å². The molecule has 0 aliphatic carbocycles. The van der Waals surface area contributed by atoms with Crippen LogP contribution < -0.4 is 10.1 Å². The number of hydrogen-bond acceptors (Lipinski definition) is 5. The summed E-state index contributed by atoms with van der Waals surface area (Å²) in [5.41, 5.74) is 0. The van der Waals surface area contributed by atoms with E-state index in [1.165, 1.54) is 6.42 Å². The predicted molar refractivity (Wildman–Crippen MR) is 74.8 cm³/mol. The molecule has 0 saturated carbocycles. The zero-order chi connectivity index (χ0) is 13.6. The van der Waals surface area contributed by atoms with Gasteiger partial charge >= 0.3 is 0 Å². The van der Waals surface area contributed by atoms with Crippen molar-refractivity contribution in [3.8, 4) is 5.75 Å². The molecule has 0 amide bonds. The minimum absolute atomic E-state index is 0.385. The molecule has 0 radical (unpaired) electrons. The first kappa shape index (κ1) is 13.1. The monoisotopic (exact) mass is 273 g/mol. The van der Waals surface area contributed by atoms with E-state index in [2.05, 4.69) is 15.5 Å². The molecule has 1 aromatic carbocycles. The van der Waals surface area contributed by atoms with Crippen LogP contribution in [0.5, 0.6) is 5.75 Å². The first-order chi connectivity index (χ1) is 9.92. The Morgan fingerprint density at radius 2 is 2.20 bits per heavy atom. The van der Waals surface area contributed by atoms with Gasteiger partial charge in [0.25, 0.3) is 0 Å². The van der Waals surface area contributed by atoms with Gasteiger partial charge in [-0.15, -0.1) is 0 Å². The standard InChI is InChI=1S/C15H19N3O2/c1-2-6-13(7-3-1)19-10-8-14-17-15(18-20-14)12-5-4-9-16-11-12/h1-3,6-7,12,16H,4-5,8-11H2. The van der Waals surface area contributed by atoms with Crippen LogP contribution >= 0.6 is 0 Å². The number of nitrogens with one attached hydrogen (secondary N) is 1. The van der Waals surface area contributed by atoms with E-state index in [9.17, 15) is 0 Å². The van der Waals surface area contributed by atoms with Crippen molar-refractivity contribution < 1.29 is 9.26 Å². The molecule has 1 saturated heterocycles. The van der Waals surface area contributed by atoms with Crippen molar-refractivity contribution in [1.29, 1.82) is 0 Å². The number of benzene rings is 1. The Morgan fingerprint density at radius 1 is 1.30 bits per heavy atom. The SMILES string of the molecule is c1ccc(OCCc2nc(C3CCCNC3)no2)cc1. The fraction of sp³-hybridized carbons (Fsp3) is 0.467. The van der Waals surface area contributed by atoms with Crippen LogP contribution in [0.2, 0.25) is 0 Å². The Kier molecular flexibility index (Phi) is 4.28. The largest absolute Gasteiger partial charge is 0.493 e. The molecular formula is C15H19N3O2. The molecule has 20 heavy (non-hydrogen) atoms. The second-order valence-corrected chi connectivity index (χ2v) is 5.00. The smallest absolute Gasteiger partial charge is 0.230 e. The summed E-state index contributed by atoms with van der Waals surface area (Å²) in [6, 6.07) is 9.75. The molecule has 5 heteroatoms. The van der Waals surface area contributed by atoms with Gasteiger partial charge in [0.1, 0.15) is 5.75 Å². The van der Waals surface area contributed by atoms with Crippen molar-refractivity contribution in [1.82, 2.24) is 15.5 Å². The molecule has 2 aromatic rings. The first-order valence-electron chi connectivity index (χ1n) is 7.13. The molecule has 2 heterocycles. The first-order valence-corrected chi connectivity index (χ1v) is 7.13. The van der Waals surface area contributed by atoms with Gasteiger partial charge in [0, 0.05) is 12.5 Å². The van der Waals surface area contributed by atoms with Gasteiger partial charge in [0.15, 0.2) is 5.82 Å². The molecule has 1 aromatic heterocycles. The van der Waals surface area contributed by atoms with Crippen LogP contribution in [0.4, 0.5) is 0 Å². The van der Waals surface area contributed by atoms with Gasteiger partial charge in [-0.1, -0.05) is 23.4 Å². The Bertz CT molecular complexity index is 521. The molecule has 106 valence electrons. The molecule has 0 bridgehead atoms. The Labute approximate surface area is 118 Å². The molecule has 1 aliphatic rings. The lowest BCUT2D eigenvalue weighted by Crippen LogP contribution is -2.28. The van der Waals surface area contributed by atoms with Crippen molar-refractivity contribution >= 4 is 0 Å². The lowest BCUT2D eigenvalue weighted by molar-refractivity contribution is 0.291. The summed E-state index contributed by atoms with van der Waals surface area (Å²) in [4.78, 5) is 4.47. The molecule has 1 unspecified atom stereocenters. The highest BCUT2D eigenvalue weighted by molar-refractivity contribution is 5.20. The molecule has 1 fully saturated rings. The lowest BCUT2D eigenvalue weighted by Gasteiger charge is -2.19. The maximum Gasteiger partial charge on any atom is 0.230 e. The Morgan fingerprint density at radius 3 is 3.00 bits per heavy atom. The van der Waals surface area contributed by atoms with Gasteiger partial charge in [-0.25, -0.2) is 0 Å². The number of rotatable bonds is 5. The van der Waals surface area contributed by atoms with Crippen LogP contribution in [0.25, 0.3) is 0 Å². The summed E-state index contributed by atoms with van der Waals surface area (Å²) in [5.74, 6) is 2.73. The summed E-state index contributed by atoms with van der Waals surface area (Å²) >= 11 is 0. The van der Waals surface area contributed by atoms with E-state index in [0.717, 1.165) is 31.1 Å².